The predicted octanol–water partition coefficient (Wildman–Crippen LogP) is 3.35. The van der Waals surface area contributed by atoms with E-state index in [1.54, 1.807) is 36.8 Å². The second-order valence-corrected chi connectivity index (χ2v) is 5.41. The normalized spacial score (nSPS) is 10.8. The van der Waals surface area contributed by atoms with E-state index in [2.05, 4.69) is 15.1 Å². The Balaban J connectivity index is 1.61. The minimum absolute atomic E-state index is 0.203. The van der Waals surface area contributed by atoms with Crippen LogP contribution in [0.15, 0.2) is 71.8 Å². The number of benzene rings is 2. The molecule has 0 atom stereocenters. The number of phenolic OH excluding ortho intramolecular Hbond substituents is 1. The first kappa shape index (κ1) is 14.2. The number of aromatic nitrogens is 4. The van der Waals surface area contributed by atoms with Crippen molar-refractivity contribution in [2.24, 2.45) is 0 Å². The number of hydrogen-bond donors (Lipinski definition) is 1. The molecule has 2 aromatic heterocycles. The Bertz CT molecular complexity index is 943. The molecule has 0 saturated heterocycles. The first-order valence-electron chi connectivity index (χ1n) is 7.46. The fourth-order valence-corrected chi connectivity index (χ4v) is 2.46. The van der Waals surface area contributed by atoms with Crippen LogP contribution in [0, 0.1) is 0 Å². The Morgan fingerprint density at radius 2 is 1.92 bits per heavy atom. The fraction of sp³-hybridized carbons (Fsp3) is 0.0556. The molecular weight excluding hydrogens is 304 g/mol. The summed E-state index contributed by atoms with van der Waals surface area (Å²) in [6, 6.07) is 14.7. The summed E-state index contributed by atoms with van der Waals surface area (Å²) in [6.07, 6.45) is 5.45. The highest BCUT2D eigenvalue weighted by atomic mass is 16.5. The molecule has 6 heteroatoms. The van der Waals surface area contributed by atoms with Gasteiger partial charge in [-0.05, 0) is 42.0 Å². The predicted molar refractivity (Wildman–Crippen MR) is 88.2 cm³/mol. The number of nitrogens with zero attached hydrogens (tertiary/aromatic N) is 4. The van der Waals surface area contributed by atoms with Crippen molar-refractivity contribution < 1.29 is 9.63 Å². The van der Waals surface area contributed by atoms with E-state index in [9.17, 15) is 5.11 Å². The van der Waals surface area contributed by atoms with Gasteiger partial charge in [0, 0.05) is 30.1 Å². The van der Waals surface area contributed by atoms with Crippen molar-refractivity contribution in [2.45, 2.75) is 6.54 Å². The van der Waals surface area contributed by atoms with E-state index in [0.29, 0.717) is 11.7 Å². The van der Waals surface area contributed by atoms with Crippen LogP contribution in [0.25, 0.3) is 22.8 Å². The Kier molecular flexibility index (Phi) is 3.55. The van der Waals surface area contributed by atoms with Gasteiger partial charge in [-0.2, -0.15) is 4.98 Å². The highest BCUT2D eigenvalue weighted by molar-refractivity contribution is 5.60. The average Bonchev–Trinajstić information content (AvgIpc) is 3.28. The molecule has 0 aliphatic carbocycles. The zero-order valence-electron chi connectivity index (χ0n) is 12.7. The summed E-state index contributed by atoms with van der Waals surface area (Å²) in [4.78, 5) is 8.49. The summed E-state index contributed by atoms with van der Waals surface area (Å²) >= 11 is 0. The van der Waals surface area contributed by atoms with Crippen molar-refractivity contribution in [1.29, 1.82) is 0 Å². The van der Waals surface area contributed by atoms with Gasteiger partial charge in [0.2, 0.25) is 5.82 Å². The van der Waals surface area contributed by atoms with Crippen LogP contribution in [0.3, 0.4) is 0 Å². The van der Waals surface area contributed by atoms with Gasteiger partial charge in [0.05, 0.1) is 6.33 Å². The maximum atomic E-state index is 9.35. The molecule has 0 spiro atoms. The molecule has 0 radical (unpaired) electrons. The van der Waals surface area contributed by atoms with Crippen molar-refractivity contribution in [3.05, 3.63) is 72.8 Å². The van der Waals surface area contributed by atoms with E-state index in [4.69, 9.17) is 4.52 Å². The molecule has 0 aliphatic heterocycles. The molecule has 1 N–H and O–H groups in total. The van der Waals surface area contributed by atoms with Gasteiger partial charge in [-0.1, -0.05) is 17.3 Å². The lowest BCUT2D eigenvalue weighted by molar-refractivity contribution is 0.432. The van der Waals surface area contributed by atoms with Gasteiger partial charge in [0.25, 0.3) is 5.89 Å². The molecule has 24 heavy (non-hydrogen) atoms. The largest absolute Gasteiger partial charge is 0.508 e. The van der Waals surface area contributed by atoms with Gasteiger partial charge >= 0.3 is 0 Å². The van der Waals surface area contributed by atoms with E-state index < -0.39 is 0 Å². The Morgan fingerprint density at radius 1 is 1.04 bits per heavy atom. The van der Waals surface area contributed by atoms with Crippen LogP contribution in [0.2, 0.25) is 0 Å². The molecule has 0 aliphatic rings. The Hall–Kier alpha value is -3.41. The molecule has 0 saturated carbocycles. The molecule has 6 nitrogen and oxygen atoms in total. The highest BCUT2D eigenvalue weighted by Crippen LogP contribution is 2.24. The Labute approximate surface area is 138 Å². The molecule has 2 aromatic carbocycles. The van der Waals surface area contributed by atoms with Gasteiger partial charge in [-0.25, -0.2) is 4.98 Å². The fourth-order valence-electron chi connectivity index (χ4n) is 2.46. The summed E-state index contributed by atoms with van der Waals surface area (Å²) in [6.45, 7) is 0.729. The first-order valence-corrected chi connectivity index (χ1v) is 7.46. The van der Waals surface area contributed by atoms with E-state index in [1.165, 1.54) is 0 Å². The molecule has 0 unspecified atom stereocenters. The summed E-state index contributed by atoms with van der Waals surface area (Å²) in [5.41, 5.74) is 2.78. The van der Waals surface area contributed by atoms with Crippen LogP contribution < -0.4 is 0 Å². The number of imidazole rings is 1. The monoisotopic (exact) mass is 318 g/mol. The first-order chi connectivity index (χ1) is 11.8. The standard InChI is InChI=1S/C18H14N4O2/c23-16-6-4-14(5-7-16)17-20-18(24-21-17)15-3-1-2-13(10-15)11-22-9-8-19-12-22/h1-10,12,23H,11H2. The summed E-state index contributed by atoms with van der Waals surface area (Å²) < 4.78 is 7.38. The van der Waals surface area contributed by atoms with Gasteiger partial charge in [-0.3, -0.25) is 0 Å². The molecule has 4 aromatic rings. The van der Waals surface area contributed by atoms with Crippen molar-refractivity contribution in [3.8, 4) is 28.6 Å². The Morgan fingerprint density at radius 3 is 2.71 bits per heavy atom. The average molecular weight is 318 g/mol. The number of rotatable bonds is 4. The minimum atomic E-state index is 0.203. The third-order valence-corrected chi connectivity index (χ3v) is 3.65. The SMILES string of the molecule is Oc1ccc(-c2noc(-c3cccc(Cn4ccnc4)c3)n2)cc1. The molecule has 0 amide bonds. The van der Waals surface area contributed by atoms with Crippen LogP contribution in [-0.2, 0) is 6.54 Å². The lowest BCUT2D eigenvalue weighted by Gasteiger charge is -2.03. The third kappa shape index (κ3) is 2.89. The zero-order valence-corrected chi connectivity index (χ0v) is 12.7. The van der Waals surface area contributed by atoms with E-state index >= 15 is 0 Å². The maximum Gasteiger partial charge on any atom is 0.258 e. The number of hydrogen-bond acceptors (Lipinski definition) is 5. The van der Waals surface area contributed by atoms with Crippen molar-refractivity contribution in [2.75, 3.05) is 0 Å². The van der Waals surface area contributed by atoms with Gasteiger partial charge in [0.15, 0.2) is 0 Å². The molecule has 118 valence electrons. The third-order valence-electron chi connectivity index (χ3n) is 3.65. The summed E-state index contributed by atoms with van der Waals surface area (Å²) in [5.74, 6) is 1.16. The minimum Gasteiger partial charge on any atom is -0.508 e. The van der Waals surface area contributed by atoms with Crippen LogP contribution in [-0.4, -0.2) is 24.8 Å². The molecule has 0 fully saturated rings. The molecule has 2 heterocycles. The second-order valence-electron chi connectivity index (χ2n) is 5.41. The number of phenols is 1. The lowest BCUT2D eigenvalue weighted by Crippen LogP contribution is -1.96. The van der Waals surface area contributed by atoms with Crippen LogP contribution in [0.1, 0.15) is 5.56 Å². The van der Waals surface area contributed by atoms with Crippen LogP contribution in [0.4, 0.5) is 0 Å². The van der Waals surface area contributed by atoms with Gasteiger partial charge in [0.1, 0.15) is 5.75 Å². The number of aromatic hydroxyl groups is 1. The zero-order chi connectivity index (χ0) is 16.4. The molecular formula is C18H14N4O2. The van der Waals surface area contributed by atoms with E-state index in [1.807, 2.05) is 35.0 Å². The van der Waals surface area contributed by atoms with Crippen molar-refractivity contribution >= 4 is 0 Å². The van der Waals surface area contributed by atoms with Crippen molar-refractivity contribution in [1.82, 2.24) is 19.7 Å². The highest BCUT2D eigenvalue weighted by Gasteiger charge is 2.11. The lowest BCUT2D eigenvalue weighted by atomic mass is 10.1. The summed E-state index contributed by atoms with van der Waals surface area (Å²) in [7, 11) is 0. The van der Waals surface area contributed by atoms with E-state index in [0.717, 1.165) is 23.2 Å². The van der Waals surface area contributed by atoms with Crippen LogP contribution >= 0.6 is 0 Å². The van der Waals surface area contributed by atoms with Gasteiger partial charge < -0.3 is 14.2 Å². The maximum absolute atomic E-state index is 9.35. The van der Waals surface area contributed by atoms with E-state index in [-0.39, 0.29) is 5.75 Å². The van der Waals surface area contributed by atoms with Crippen molar-refractivity contribution in [3.63, 3.8) is 0 Å². The van der Waals surface area contributed by atoms with Gasteiger partial charge in [-0.15, -0.1) is 0 Å². The summed E-state index contributed by atoms with van der Waals surface area (Å²) in [5, 5.41) is 13.4. The quantitative estimate of drug-likeness (QED) is 0.624. The molecule has 4 rings (SSSR count). The second kappa shape index (κ2) is 6.00. The molecule has 0 bridgehead atoms. The smallest absolute Gasteiger partial charge is 0.258 e. The topological polar surface area (TPSA) is 77.0 Å². The van der Waals surface area contributed by atoms with Crippen LogP contribution in [0.5, 0.6) is 5.75 Å².